The predicted molar refractivity (Wildman–Crippen MR) is 64.0 cm³/mol. The largest absolute Gasteiger partial charge is 0.481 e. The number of hydrogen-bond donors (Lipinski definition) is 1. The molecule has 19 heavy (non-hydrogen) atoms. The quantitative estimate of drug-likeness (QED) is 0.785. The van der Waals surface area contributed by atoms with Crippen LogP contribution in [0.4, 0.5) is 0 Å². The van der Waals surface area contributed by atoms with E-state index in [0.29, 0.717) is 0 Å². The van der Waals surface area contributed by atoms with E-state index in [1.165, 1.54) is 17.1 Å². The van der Waals surface area contributed by atoms with E-state index < -0.39 is 22.0 Å². The van der Waals surface area contributed by atoms with Crippen LogP contribution in [0.3, 0.4) is 0 Å². The SMILES string of the molecule is Cn1cnc(S(=O)(=O)N2CCOCC2CC(=O)O)c1. The van der Waals surface area contributed by atoms with Crippen molar-refractivity contribution in [1.29, 1.82) is 0 Å². The monoisotopic (exact) mass is 289 g/mol. The molecule has 1 aliphatic rings. The van der Waals surface area contributed by atoms with Crippen molar-refractivity contribution in [1.82, 2.24) is 13.9 Å². The van der Waals surface area contributed by atoms with Gasteiger partial charge in [0.2, 0.25) is 0 Å². The van der Waals surface area contributed by atoms with Crippen LogP contribution in [0.2, 0.25) is 0 Å². The highest BCUT2D eigenvalue weighted by Crippen LogP contribution is 2.20. The molecule has 106 valence electrons. The lowest BCUT2D eigenvalue weighted by Gasteiger charge is -2.33. The number of sulfonamides is 1. The average Bonchev–Trinajstić information content (AvgIpc) is 2.76. The van der Waals surface area contributed by atoms with Crippen molar-refractivity contribution < 1.29 is 23.1 Å². The number of nitrogens with zero attached hydrogens (tertiary/aromatic N) is 3. The summed E-state index contributed by atoms with van der Waals surface area (Å²) in [5.41, 5.74) is 0. The van der Waals surface area contributed by atoms with Gasteiger partial charge in [0.1, 0.15) is 0 Å². The molecule has 1 N–H and O–H groups in total. The fourth-order valence-corrected chi connectivity index (χ4v) is 3.52. The second-order valence-electron chi connectivity index (χ2n) is 4.32. The number of aryl methyl sites for hydroxylation is 1. The van der Waals surface area contributed by atoms with E-state index in [0.717, 1.165) is 4.31 Å². The van der Waals surface area contributed by atoms with Gasteiger partial charge in [0.25, 0.3) is 10.0 Å². The number of aromatic nitrogens is 2. The van der Waals surface area contributed by atoms with Gasteiger partial charge in [-0.25, -0.2) is 13.4 Å². The van der Waals surface area contributed by atoms with Crippen molar-refractivity contribution in [3.05, 3.63) is 12.5 Å². The van der Waals surface area contributed by atoms with Crippen molar-refractivity contribution in [2.75, 3.05) is 19.8 Å². The number of carboxylic acid groups (broad SMARTS) is 1. The van der Waals surface area contributed by atoms with Crippen LogP contribution in [0.25, 0.3) is 0 Å². The lowest BCUT2D eigenvalue weighted by Crippen LogP contribution is -2.49. The first-order valence-corrected chi connectivity index (χ1v) is 7.14. The Morgan fingerprint density at radius 2 is 2.37 bits per heavy atom. The van der Waals surface area contributed by atoms with Crippen LogP contribution in [-0.4, -0.2) is 59.2 Å². The first kappa shape index (κ1) is 14.0. The summed E-state index contributed by atoms with van der Waals surface area (Å²) in [4.78, 5) is 14.6. The molecule has 0 radical (unpaired) electrons. The maximum absolute atomic E-state index is 12.4. The summed E-state index contributed by atoms with van der Waals surface area (Å²) in [6.07, 6.45) is 2.49. The second-order valence-corrected chi connectivity index (χ2v) is 6.16. The average molecular weight is 289 g/mol. The van der Waals surface area contributed by atoms with Gasteiger partial charge >= 0.3 is 5.97 Å². The van der Waals surface area contributed by atoms with Gasteiger partial charge < -0.3 is 14.4 Å². The van der Waals surface area contributed by atoms with Crippen LogP contribution in [0.1, 0.15) is 6.42 Å². The minimum Gasteiger partial charge on any atom is -0.481 e. The Balaban J connectivity index is 2.28. The van der Waals surface area contributed by atoms with Gasteiger partial charge in [-0.3, -0.25) is 4.79 Å². The van der Waals surface area contributed by atoms with Crippen LogP contribution in [-0.2, 0) is 26.6 Å². The third-order valence-corrected chi connectivity index (χ3v) is 4.68. The molecule has 0 spiro atoms. The molecule has 0 saturated carbocycles. The Bertz CT molecular complexity index is 567. The van der Waals surface area contributed by atoms with Gasteiger partial charge in [-0.05, 0) is 0 Å². The Labute approximate surface area is 110 Å². The Hall–Kier alpha value is -1.45. The van der Waals surface area contributed by atoms with Crippen LogP contribution in [0.15, 0.2) is 17.6 Å². The van der Waals surface area contributed by atoms with Crippen LogP contribution in [0.5, 0.6) is 0 Å². The summed E-state index contributed by atoms with van der Waals surface area (Å²) in [6, 6.07) is -0.696. The summed E-state index contributed by atoms with van der Waals surface area (Å²) in [5, 5.41) is 8.75. The zero-order valence-electron chi connectivity index (χ0n) is 10.4. The maximum atomic E-state index is 12.4. The number of morpholine rings is 1. The molecule has 0 bridgehead atoms. The van der Waals surface area contributed by atoms with Gasteiger partial charge in [0.15, 0.2) is 5.03 Å². The maximum Gasteiger partial charge on any atom is 0.305 e. The number of aliphatic carboxylic acids is 1. The number of rotatable bonds is 4. The Morgan fingerprint density at radius 3 is 2.95 bits per heavy atom. The van der Waals surface area contributed by atoms with Crippen LogP contribution >= 0.6 is 0 Å². The first-order valence-electron chi connectivity index (χ1n) is 5.70. The number of imidazole rings is 1. The number of carboxylic acids is 1. The zero-order chi connectivity index (χ0) is 14.0. The zero-order valence-corrected chi connectivity index (χ0v) is 11.2. The summed E-state index contributed by atoms with van der Waals surface area (Å²) in [7, 11) is -2.11. The number of ether oxygens (including phenoxy) is 1. The van der Waals surface area contributed by atoms with Gasteiger partial charge in [-0.2, -0.15) is 4.31 Å². The van der Waals surface area contributed by atoms with Gasteiger partial charge in [0, 0.05) is 19.8 Å². The minimum atomic E-state index is -3.78. The molecule has 1 fully saturated rings. The fraction of sp³-hybridized carbons (Fsp3) is 0.600. The molecule has 8 nitrogen and oxygen atoms in total. The van der Waals surface area contributed by atoms with Crippen LogP contribution in [0, 0.1) is 0 Å². The lowest BCUT2D eigenvalue weighted by atomic mass is 10.2. The third kappa shape index (κ3) is 2.94. The molecule has 2 rings (SSSR count). The van der Waals surface area contributed by atoms with Crippen molar-refractivity contribution in [3.63, 3.8) is 0 Å². The molecular weight excluding hydrogens is 274 g/mol. The van der Waals surface area contributed by atoms with Gasteiger partial charge in [0.05, 0.1) is 32.0 Å². The van der Waals surface area contributed by atoms with E-state index in [1.54, 1.807) is 7.05 Å². The minimum absolute atomic E-state index is 0.0766. The van der Waals surface area contributed by atoms with Crippen molar-refractivity contribution in [3.8, 4) is 0 Å². The predicted octanol–water partition coefficient (Wildman–Crippen LogP) is -0.716. The molecule has 1 aromatic rings. The topological polar surface area (TPSA) is 102 Å². The molecule has 1 unspecified atom stereocenters. The van der Waals surface area contributed by atoms with Crippen LogP contribution < -0.4 is 0 Å². The van der Waals surface area contributed by atoms with E-state index in [-0.39, 0.29) is 31.2 Å². The molecule has 1 saturated heterocycles. The standard InChI is InChI=1S/C10H15N3O5S/c1-12-5-9(11-7-12)19(16,17)13-2-3-18-6-8(13)4-10(14)15/h5,7-8H,2-4,6H2,1H3,(H,14,15). The summed E-state index contributed by atoms with van der Waals surface area (Å²) < 4.78 is 32.6. The summed E-state index contributed by atoms with van der Waals surface area (Å²) in [6.45, 7) is 0.470. The highest BCUT2D eigenvalue weighted by molar-refractivity contribution is 7.89. The van der Waals surface area contributed by atoms with Gasteiger partial charge in [-0.15, -0.1) is 0 Å². The molecule has 0 aromatic carbocycles. The third-order valence-electron chi connectivity index (χ3n) is 2.84. The van der Waals surface area contributed by atoms with E-state index >= 15 is 0 Å². The molecule has 1 atom stereocenters. The van der Waals surface area contributed by atoms with Gasteiger partial charge in [-0.1, -0.05) is 0 Å². The van der Waals surface area contributed by atoms with E-state index in [4.69, 9.17) is 9.84 Å². The normalized spacial score (nSPS) is 21.4. The molecule has 1 aliphatic heterocycles. The fourth-order valence-electron chi connectivity index (χ4n) is 1.96. The number of carbonyl (C=O) groups is 1. The van der Waals surface area contributed by atoms with Crippen molar-refractivity contribution in [2.24, 2.45) is 7.05 Å². The molecule has 9 heteroatoms. The van der Waals surface area contributed by atoms with Crippen molar-refractivity contribution >= 4 is 16.0 Å². The molecule has 0 amide bonds. The van der Waals surface area contributed by atoms with E-state index in [1.807, 2.05) is 0 Å². The molecule has 2 heterocycles. The second kappa shape index (κ2) is 5.27. The molecule has 1 aromatic heterocycles. The van der Waals surface area contributed by atoms with Crippen molar-refractivity contribution in [2.45, 2.75) is 17.5 Å². The van der Waals surface area contributed by atoms with E-state index in [9.17, 15) is 13.2 Å². The summed E-state index contributed by atoms with van der Waals surface area (Å²) >= 11 is 0. The summed E-state index contributed by atoms with van der Waals surface area (Å²) in [5.74, 6) is -1.06. The smallest absolute Gasteiger partial charge is 0.305 e. The molecule has 0 aliphatic carbocycles. The highest BCUT2D eigenvalue weighted by Gasteiger charge is 2.36. The highest BCUT2D eigenvalue weighted by atomic mass is 32.2. The Morgan fingerprint density at radius 1 is 1.63 bits per heavy atom. The Kier molecular flexibility index (Phi) is 3.88. The lowest BCUT2D eigenvalue weighted by molar-refractivity contribution is -0.139. The molecular formula is C10H15N3O5S. The van der Waals surface area contributed by atoms with E-state index in [2.05, 4.69) is 4.98 Å². The number of hydrogen-bond acceptors (Lipinski definition) is 5. The first-order chi connectivity index (χ1) is 8.91.